The summed E-state index contributed by atoms with van der Waals surface area (Å²) in [5.74, 6) is -2.84. The fourth-order valence-corrected chi connectivity index (χ4v) is 3.70. The number of carboxylic acid groups (broad SMARTS) is 1. The summed E-state index contributed by atoms with van der Waals surface area (Å²) < 4.78 is 35.9. The lowest BCUT2D eigenvalue weighted by atomic mass is 9.98. The predicted molar refractivity (Wildman–Crippen MR) is 115 cm³/mol. The number of hydrogen-bond acceptors (Lipinski definition) is 6. The Morgan fingerprint density at radius 1 is 1.03 bits per heavy atom. The lowest BCUT2D eigenvalue weighted by molar-refractivity contribution is -0.165. The molecule has 0 saturated carbocycles. The molecular weight excluding hydrogens is 454 g/mol. The second-order valence-electron chi connectivity index (χ2n) is 7.52. The number of carbonyl (C=O) groups is 3. The molecule has 3 rings (SSSR count). The molecule has 0 aromatic heterocycles. The van der Waals surface area contributed by atoms with Gasteiger partial charge in [-0.1, -0.05) is 48.5 Å². The van der Waals surface area contributed by atoms with Crippen molar-refractivity contribution >= 4 is 18.0 Å². The molecule has 0 spiro atoms. The number of methoxy groups -OCH3 is 1. The summed E-state index contributed by atoms with van der Waals surface area (Å²) in [6, 6.07) is 13.6. The van der Waals surface area contributed by atoms with E-state index in [4.69, 9.17) is 14.7 Å². The van der Waals surface area contributed by atoms with E-state index in [-0.39, 0.29) is 12.5 Å². The van der Waals surface area contributed by atoms with Crippen molar-refractivity contribution in [1.29, 1.82) is 0 Å². The summed E-state index contributed by atoms with van der Waals surface area (Å²) in [4.78, 5) is 40.4. The number of nitrogens with one attached hydrogen (secondary N) is 2. The summed E-state index contributed by atoms with van der Waals surface area (Å²) in [7, 11) is 1.22. The number of hydrogen-bond donors (Lipinski definition) is 3. The molecule has 0 bridgehead atoms. The topological polar surface area (TPSA) is 123 Å². The average Bonchev–Trinajstić information content (AvgIpc) is 3.13. The summed E-state index contributed by atoms with van der Waals surface area (Å²) in [5.41, 5.74) is 5.74. The summed E-state index contributed by atoms with van der Waals surface area (Å²) >= 11 is 0. The third-order valence-electron chi connectivity index (χ3n) is 5.26. The highest BCUT2D eigenvalue weighted by Crippen LogP contribution is 2.44. The number of alkyl halides is 2. The molecule has 34 heavy (non-hydrogen) atoms. The Hall–Kier alpha value is -3.57. The molecule has 2 atom stereocenters. The lowest BCUT2D eigenvalue weighted by Gasteiger charge is -2.20. The van der Waals surface area contributed by atoms with Crippen LogP contribution in [0.15, 0.2) is 48.5 Å². The molecule has 0 radical (unpaired) electrons. The van der Waals surface area contributed by atoms with Crippen LogP contribution in [0.5, 0.6) is 0 Å². The maximum Gasteiger partial charge on any atom is 0.407 e. The number of aliphatic carboxylic acids is 1. The maximum atomic E-state index is 13.0. The number of ether oxygens (including phenoxy) is 2. The van der Waals surface area contributed by atoms with Crippen molar-refractivity contribution < 1.29 is 42.6 Å². The van der Waals surface area contributed by atoms with Gasteiger partial charge in [-0.2, -0.15) is 0 Å². The van der Waals surface area contributed by atoms with Crippen molar-refractivity contribution in [3.05, 3.63) is 59.7 Å². The van der Waals surface area contributed by atoms with Gasteiger partial charge in [0.05, 0.1) is 6.61 Å². The Morgan fingerprint density at radius 3 is 2.15 bits per heavy atom. The minimum atomic E-state index is -2.93. The molecule has 0 heterocycles. The first-order valence-electron chi connectivity index (χ1n) is 10.4. The van der Waals surface area contributed by atoms with Crippen molar-refractivity contribution in [1.82, 2.24) is 10.8 Å². The average molecular weight is 478 g/mol. The van der Waals surface area contributed by atoms with Crippen molar-refractivity contribution in [2.45, 2.75) is 30.9 Å². The molecule has 182 valence electrons. The monoisotopic (exact) mass is 478 g/mol. The third-order valence-corrected chi connectivity index (χ3v) is 5.26. The molecule has 2 aromatic rings. The zero-order valence-corrected chi connectivity index (χ0v) is 18.2. The third kappa shape index (κ3) is 6.06. The van der Waals surface area contributed by atoms with Crippen molar-refractivity contribution in [3.8, 4) is 11.1 Å². The largest absolute Gasteiger partial charge is 0.479 e. The van der Waals surface area contributed by atoms with Crippen LogP contribution >= 0.6 is 0 Å². The highest BCUT2D eigenvalue weighted by molar-refractivity contribution is 5.85. The molecule has 2 unspecified atom stereocenters. The van der Waals surface area contributed by atoms with Gasteiger partial charge in [-0.05, 0) is 22.3 Å². The number of carbonyl (C=O) groups excluding carboxylic acids is 2. The number of fused-ring (bicyclic) bond motifs is 3. The van der Waals surface area contributed by atoms with Gasteiger partial charge in [0.2, 0.25) is 12.5 Å². The zero-order chi connectivity index (χ0) is 24.7. The minimum absolute atomic E-state index is 0.0751. The van der Waals surface area contributed by atoms with Gasteiger partial charge in [-0.15, -0.1) is 0 Å². The van der Waals surface area contributed by atoms with Gasteiger partial charge in [0, 0.05) is 19.4 Å². The number of hydroxylamine groups is 1. The maximum absolute atomic E-state index is 13.0. The number of carboxylic acids is 1. The minimum Gasteiger partial charge on any atom is -0.479 e. The molecular formula is C23H24F2N2O7. The Labute approximate surface area is 194 Å². The van der Waals surface area contributed by atoms with Gasteiger partial charge in [0.15, 0.2) is 0 Å². The first-order chi connectivity index (χ1) is 16.3. The molecule has 0 aliphatic heterocycles. The molecule has 3 N–H and O–H groups in total. The number of halogens is 2. The summed E-state index contributed by atoms with van der Waals surface area (Å²) in [6.07, 6.45) is -6.59. The molecule has 1 aliphatic carbocycles. The Balaban J connectivity index is 1.62. The van der Waals surface area contributed by atoms with E-state index < -0.39 is 49.6 Å². The number of amides is 2. The molecule has 2 amide bonds. The molecule has 1 aliphatic rings. The number of alkyl carbamates (subject to hydrolysis) is 1. The van der Waals surface area contributed by atoms with E-state index in [1.54, 1.807) is 5.48 Å². The SMILES string of the molecule is COCC(ONC(=O)C(CC(F)F)NC(=O)OCC1c2ccccc2-c2ccccc21)C(=O)O. The molecule has 0 fully saturated rings. The molecule has 9 nitrogen and oxygen atoms in total. The Morgan fingerprint density at radius 2 is 1.62 bits per heavy atom. The predicted octanol–water partition coefficient (Wildman–Crippen LogP) is 2.70. The van der Waals surface area contributed by atoms with Crippen LogP contribution in [0.25, 0.3) is 11.1 Å². The molecule has 2 aromatic carbocycles. The second-order valence-corrected chi connectivity index (χ2v) is 7.52. The van der Waals surface area contributed by atoms with E-state index in [0.717, 1.165) is 22.3 Å². The van der Waals surface area contributed by atoms with Crippen LogP contribution in [0.1, 0.15) is 23.5 Å². The zero-order valence-electron chi connectivity index (χ0n) is 18.2. The fraction of sp³-hybridized carbons (Fsp3) is 0.348. The summed E-state index contributed by atoms with van der Waals surface area (Å²) in [6.45, 7) is -0.469. The van der Waals surface area contributed by atoms with Crippen LogP contribution in [0, 0.1) is 0 Å². The van der Waals surface area contributed by atoms with Gasteiger partial charge in [0.1, 0.15) is 12.6 Å². The molecule has 11 heteroatoms. The lowest BCUT2D eigenvalue weighted by Crippen LogP contribution is -2.49. The van der Waals surface area contributed by atoms with E-state index >= 15 is 0 Å². The van der Waals surface area contributed by atoms with Crippen molar-refractivity contribution in [3.63, 3.8) is 0 Å². The highest BCUT2D eigenvalue weighted by atomic mass is 19.3. The van der Waals surface area contributed by atoms with E-state index in [2.05, 4.69) is 10.1 Å². The highest BCUT2D eigenvalue weighted by Gasteiger charge is 2.31. The second kappa shape index (κ2) is 11.5. The van der Waals surface area contributed by atoms with E-state index in [1.807, 2.05) is 48.5 Å². The Kier molecular flexibility index (Phi) is 8.50. The first-order valence-corrected chi connectivity index (χ1v) is 10.4. The van der Waals surface area contributed by atoms with Crippen LogP contribution < -0.4 is 10.8 Å². The van der Waals surface area contributed by atoms with Gasteiger partial charge >= 0.3 is 12.1 Å². The van der Waals surface area contributed by atoms with Crippen LogP contribution in [0.2, 0.25) is 0 Å². The van der Waals surface area contributed by atoms with Crippen LogP contribution in [0.4, 0.5) is 13.6 Å². The number of benzene rings is 2. The molecule has 0 saturated heterocycles. The van der Waals surface area contributed by atoms with E-state index in [9.17, 15) is 23.2 Å². The van der Waals surface area contributed by atoms with Gasteiger partial charge in [-0.3, -0.25) is 9.63 Å². The van der Waals surface area contributed by atoms with Crippen molar-refractivity contribution in [2.75, 3.05) is 20.3 Å². The summed E-state index contributed by atoms with van der Waals surface area (Å²) in [5, 5.41) is 11.1. The fourth-order valence-electron chi connectivity index (χ4n) is 3.70. The van der Waals surface area contributed by atoms with E-state index in [0.29, 0.717) is 0 Å². The van der Waals surface area contributed by atoms with Gasteiger partial charge in [0.25, 0.3) is 5.91 Å². The standard InChI is InChI=1S/C23H24F2N2O7/c1-32-12-19(22(29)30)34-27-21(28)18(10-20(24)25)26-23(31)33-11-17-15-8-4-2-6-13(15)14-7-3-5-9-16(14)17/h2-9,17-20H,10-12H2,1H3,(H,26,31)(H,27,28)(H,29,30). The first kappa shape index (κ1) is 25.1. The number of rotatable bonds is 11. The van der Waals surface area contributed by atoms with E-state index in [1.165, 1.54) is 7.11 Å². The Bertz CT molecular complexity index is 988. The smallest absolute Gasteiger partial charge is 0.407 e. The van der Waals surface area contributed by atoms with Gasteiger partial charge < -0.3 is 19.9 Å². The van der Waals surface area contributed by atoms with Gasteiger partial charge in [-0.25, -0.2) is 23.9 Å². The quantitative estimate of drug-likeness (QED) is 0.425. The normalized spacial score (nSPS) is 14.1. The van der Waals surface area contributed by atoms with Crippen LogP contribution in [-0.2, 0) is 23.9 Å². The van der Waals surface area contributed by atoms with Crippen LogP contribution in [-0.4, -0.2) is 62.0 Å². The van der Waals surface area contributed by atoms with Crippen molar-refractivity contribution in [2.24, 2.45) is 0 Å². The van der Waals surface area contributed by atoms with Crippen LogP contribution in [0.3, 0.4) is 0 Å².